The number of carbonyl (C=O) groups is 1. The van der Waals surface area contributed by atoms with E-state index in [1.807, 2.05) is 18.2 Å². The van der Waals surface area contributed by atoms with Crippen LogP contribution in [0.4, 0.5) is 0 Å². The van der Waals surface area contributed by atoms with E-state index in [0.29, 0.717) is 4.90 Å². The van der Waals surface area contributed by atoms with Gasteiger partial charge in [-0.25, -0.2) is 0 Å². The van der Waals surface area contributed by atoms with Crippen molar-refractivity contribution in [1.82, 2.24) is 0 Å². The molecule has 0 saturated heterocycles. The zero-order chi connectivity index (χ0) is 22.6. The van der Waals surface area contributed by atoms with E-state index in [9.17, 15) is 9.00 Å². The Bertz CT molecular complexity index is 1130. The van der Waals surface area contributed by atoms with Gasteiger partial charge >= 0.3 is 0 Å². The topological polar surface area (TPSA) is 91.0 Å². The summed E-state index contributed by atoms with van der Waals surface area (Å²) >= 11 is 0. The molecule has 2 aromatic rings. The molecule has 0 spiro atoms. The fourth-order valence-corrected chi connectivity index (χ4v) is 5.34. The summed E-state index contributed by atoms with van der Waals surface area (Å²) in [5.41, 5.74) is 9.64. The van der Waals surface area contributed by atoms with Crippen LogP contribution in [0.25, 0.3) is 0 Å². The van der Waals surface area contributed by atoms with Crippen LogP contribution in [0.5, 0.6) is 11.5 Å². The minimum atomic E-state index is -1.50. The Labute approximate surface area is 185 Å². The molecule has 6 nitrogen and oxygen atoms in total. The second kappa shape index (κ2) is 7.48. The molecule has 0 saturated carbocycles. The van der Waals surface area contributed by atoms with Crippen molar-refractivity contribution in [2.45, 2.75) is 56.6 Å². The van der Waals surface area contributed by atoms with Crippen molar-refractivity contribution in [2.24, 2.45) is 10.7 Å². The lowest BCUT2D eigenvalue weighted by Gasteiger charge is -2.31. The Morgan fingerprint density at radius 2 is 1.97 bits per heavy atom. The van der Waals surface area contributed by atoms with Crippen molar-refractivity contribution in [2.75, 3.05) is 12.9 Å². The van der Waals surface area contributed by atoms with E-state index in [0.717, 1.165) is 52.3 Å². The van der Waals surface area contributed by atoms with Crippen LogP contribution in [-0.4, -0.2) is 39.8 Å². The smallest absolute Gasteiger partial charge is 0.230 e. The molecule has 0 aliphatic carbocycles. The number of rotatable bonds is 5. The highest BCUT2D eigenvalue weighted by Crippen LogP contribution is 2.47. The Balaban J connectivity index is 1.90. The van der Waals surface area contributed by atoms with E-state index in [1.54, 1.807) is 13.2 Å². The number of amides is 1. The Hall–Kier alpha value is -2.67. The van der Waals surface area contributed by atoms with Crippen LogP contribution >= 0.6 is 0 Å². The molecule has 1 unspecified atom stereocenters. The molecule has 2 aliphatic rings. The summed E-state index contributed by atoms with van der Waals surface area (Å²) in [7, 11) is 0.168. The first-order valence-electron chi connectivity index (χ1n) is 10.3. The molecule has 2 aromatic carbocycles. The summed E-state index contributed by atoms with van der Waals surface area (Å²) in [5.74, 6) is 0.724. The van der Waals surface area contributed by atoms with Gasteiger partial charge in [-0.1, -0.05) is 12.1 Å². The van der Waals surface area contributed by atoms with Crippen LogP contribution in [0.3, 0.4) is 0 Å². The lowest BCUT2D eigenvalue weighted by Crippen LogP contribution is -2.30. The summed E-state index contributed by atoms with van der Waals surface area (Å²) in [6.07, 6.45) is 1.53. The molecule has 31 heavy (non-hydrogen) atoms. The van der Waals surface area contributed by atoms with Crippen LogP contribution in [-0.2, 0) is 28.4 Å². The number of methoxy groups -OCH3 is 1. The summed E-state index contributed by atoms with van der Waals surface area (Å²) in [5, 5.41) is 0. The predicted octanol–water partition coefficient (Wildman–Crippen LogP) is 3.17. The SMILES string of the molecule is COc1cc2c(c3c1OC(C)(C)C3)C(c1cccc(S(=O)CC(N)=O)c1)=NC(C)(C)C2. The largest absolute Gasteiger partial charge is 0.493 e. The summed E-state index contributed by atoms with van der Waals surface area (Å²) in [4.78, 5) is 16.9. The van der Waals surface area contributed by atoms with E-state index in [1.165, 1.54) is 0 Å². The van der Waals surface area contributed by atoms with Gasteiger partial charge in [0.05, 0.1) is 29.2 Å². The van der Waals surface area contributed by atoms with Crippen molar-refractivity contribution in [3.05, 3.63) is 52.6 Å². The number of nitrogens with two attached hydrogens (primary N) is 1. The molecular weight excluding hydrogens is 412 g/mol. The van der Waals surface area contributed by atoms with Crippen LogP contribution < -0.4 is 15.2 Å². The maximum atomic E-state index is 12.6. The normalized spacial score (nSPS) is 18.9. The van der Waals surface area contributed by atoms with Gasteiger partial charge in [-0.15, -0.1) is 0 Å². The summed E-state index contributed by atoms with van der Waals surface area (Å²) < 4.78 is 24.5. The number of fused-ring (bicyclic) bond motifs is 3. The van der Waals surface area contributed by atoms with Crippen LogP contribution in [0, 0.1) is 0 Å². The fraction of sp³-hybridized carbons (Fsp3) is 0.417. The Kier molecular flexibility index (Phi) is 5.20. The molecule has 7 heteroatoms. The lowest BCUT2D eigenvalue weighted by atomic mass is 9.81. The molecule has 0 bridgehead atoms. The van der Waals surface area contributed by atoms with E-state index >= 15 is 0 Å². The number of benzene rings is 2. The van der Waals surface area contributed by atoms with Gasteiger partial charge in [-0.2, -0.15) is 0 Å². The van der Waals surface area contributed by atoms with E-state index in [4.69, 9.17) is 20.2 Å². The first kappa shape index (κ1) is 21.6. The molecule has 0 aromatic heterocycles. The Morgan fingerprint density at radius 3 is 2.65 bits per heavy atom. The molecule has 1 amide bonds. The van der Waals surface area contributed by atoms with Crippen LogP contribution in [0.15, 0.2) is 40.2 Å². The standard InChI is InChI=1S/C24H28N2O4S/c1-23(2)11-15-10-18(29-5)22-17(12-24(3,4)30-22)20(15)21(26-23)14-7-6-8-16(9-14)31(28)13-19(25)27/h6-10H,11-13H2,1-5H3,(H2,25,27). The number of aliphatic imine (C=N–C) groups is 1. The highest BCUT2D eigenvalue weighted by molar-refractivity contribution is 7.85. The van der Waals surface area contributed by atoms with Gasteiger partial charge in [0.1, 0.15) is 11.4 Å². The quantitative estimate of drug-likeness (QED) is 0.773. The third-order valence-electron chi connectivity index (χ3n) is 5.54. The number of nitrogens with zero attached hydrogens (tertiary/aromatic N) is 1. The first-order chi connectivity index (χ1) is 14.5. The van der Waals surface area contributed by atoms with E-state index in [-0.39, 0.29) is 16.9 Å². The summed E-state index contributed by atoms with van der Waals surface area (Å²) in [6, 6.07) is 9.47. The van der Waals surface area contributed by atoms with Gasteiger partial charge in [-0.05, 0) is 57.9 Å². The Morgan fingerprint density at radius 1 is 1.23 bits per heavy atom. The predicted molar refractivity (Wildman–Crippen MR) is 122 cm³/mol. The lowest BCUT2D eigenvalue weighted by molar-refractivity contribution is -0.115. The minimum Gasteiger partial charge on any atom is -0.493 e. The van der Waals surface area contributed by atoms with Crippen molar-refractivity contribution in [3.63, 3.8) is 0 Å². The minimum absolute atomic E-state index is 0.202. The molecule has 1 atom stereocenters. The summed E-state index contributed by atoms with van der Waals surface area (Å²) in [6.45, 7) is 8.34. The maximum Gasteiger partial charge on any atom is 0.230 e. The zero-order valence-electron chi connectivity index (χ0n) is 18.6. The number of carbonyl (C=O) groups excluding carboxylic acids is 1. The van der Waals surface area contributed by atoms with Gasteiger partial charge in [0, 0.05) is 28.0 Å². The van der Waals surface area contributed by atoms with Gasteiger partial charge in [0.2, 0.25) is 5.91 Å². The maximum absolute atomic E-state index is 12.6. The number of primary amides is 1. The monoisotopic (exact) mass is 440 g/mol. The molecule has 2 aliphatic heterocycles. The molecule has 164 valence electrons. The highest BCUT2D eigenvalue weighted by Gasteiger charge is 2.39. The van der Waals surface area contributed by atoms with Crippen molar-refractivity contribution in [1.29, 1.82) is 0 Å². The zero-order valence-corrected chi connectivity index (χ0v) is 19.4. The van der Waals surface area contributed by atoms with Gasteiger partial charge in [0.15, 0.2) is 11.5 Å². The number of ether oxygens (including phenoxy) is 2. The molecule has 0 fully saturated rings. The van der Waals surface area contributed by atoms with Crippen molar-refractivity contribution >= 4 is 22.4 Å². The highest BCUT2D eigenvalue weighted by atomic mass is 32.2. The fourth-order valence-electron chi connectivity index (χ4n) is 4.43. The van der Waals surface area contributed by atoms with Gasteiger partial charge in [-0.3, -0.25) is 14.0 Å². The van der Waals surface area contributed by atoms with Crippen LogP contribution in [0.1, 0.15) is 49.9 Å². The third kappa shape index (κ3) is 4.11. The second-order valence-electron chi connectivity index (χ2n) is 9.39. The molecular formula is C24H28N2O4S. The molecule has 2 heterocycles. The second-order valence-corrected chi connectivity index (χ2v) is 10.8. The van der Waals surface area contributed by atoms with Gasteiger partial charge < -0.3 is 15.2 Å². The van der Waals surface area contributed by atoms with Gasteiger partial charge in [0.25, 0.3) is 0 Å². The average molecular weight is 441 g/mol. The van der Waals surface area contributed by atoms with Crippen molar-refractivity contribution < 1.29 is 18.5 Å². The average Bonchev–Trinajstić information content (AvgIpc) is 3.00. The van der Waals surface area contributed by atoms with E-state index < -0.39 is 16.7 Å². The first-order valence-corrected chi connectivity index (χ1v) is 11.6. The molecule has 4 rings (SSSR count). The number of hydrogen-bond acceptors (Lipinski definition) is 5. The van der Waals surface area contributed by atoms with Crippen LogP contribution in [0.2, 0.25) is 0 Å². The van der Waals surface area contributed by atoms with Crippen molar-refractivity contribution in [3.8, 4) is 11.5 Å². The van der Waals surface area contributed by atoms with E-state index in [2.05, 4.69) is 33.8 Å². The third-order valence-corrected chi connectivity index (χ3v) is 6.87. The molecule has 2 N–H and O–H groups in total. The number of hydrogen-bond donors (Lipinski definition) is 1. The molecule has 0 radical (unpaired) electrons.